The zero-order valence-corrected chi connectivity index (χ0v) is 24.6. The van der Waals surface area contributed by atoms with Gasteiger partial charge in [-0.25, -0.2) is 0 Å². The van der Waals surface area contributed by atoms with Crippen LogP contribution in [0.3, 0.4) is 0 Å². The number of aryl methyl sites for hydroxylation is 1. The van der Waals surface area contributed by atoms with Gasteiger partial charge in [0.2, 0.25) is 5.91 Å². The van der Waals surface area contributed by atoms with Gasteiger partial charge in [-0.1, -0.05) is 23.7 Å². The number of aromatic nitrogens is 1. The summed E-state index contributed by atoms with van der Waals surface area (Å²) >= 11 is 6.17. The number of ether oxygens (including phenoxy) is 1. The van der Waals surface area contributed by atoms with Gasteiger partial charge in [0.1, 0.15) is 13.1 Å². The molecule has 3 aliphatic rings. The van der Waals surface area contributed by atoms with Crippen molar-refractivity contribution in [2.75, 3.05) is 61.5 Å². The molecule has 42 heavy (non-hydrogen) atoms. The van der Waals surface area contributed by atoms with Gasteiger partial charge in [-0.15, -0.1) is 0 Å². The number of quaternary nitrogens is 1. The third kappa shape index (κ3) is 6.23. The van der Waals surface area contributed by atoms with Gasteiger partial charge in [0.05, 0.1) is 37.6 Å². The quantitative estimate of drug-likeness (QED) is 0.393. The number of halogens is 1. The summed E-state index contributed by atoms with van der Waals surface area (Å²) in [4.78, 5) is 42.7. The number of hydrogen-bond acceptors (Lipinski definition) is 5. The minimum atomic E-state index is -0.274. The summed E-state index contributed by atoms with van der Waals surface area (Å²) in [6, 6.07) is 16.4. The Kier molecular flexibility index (Phi) is 8.33. The molecule has 0 aliphatic carbocycles. The van der Waals surface area contributed by atoms with Crippen LogP contribution >= 0.6 is 11.6 Å². The van der Waals surface area contributed by atoms with E-state index in [2.05, 4.69) is 15.5 Å². The average Bonchev–Trinajstić information content (AvgIpc) is 2.99. The Bertz CT molecular complexity index is 1550. The lowest BCUT2D eigenvalue weighted by Crippen LogP contribution is -3.14. The number of rotatable bonds is 7. The summed E-state index contributed by atoms with van der Waals surface area (Å²) in [6.45, 7) is 8.07. The smallest absolute Gasteiger partial charge is 0.255 e. The topological polar surface area (TPSA) is 97.1 Å². The van der Waals surface area contributed by atoms with Crippen molar-refractivity contribution in [1.82, 2.24) is 4.57 Å². The van der Waals surface area contributed by atoms with Crippen LogP contribution in [0, 0.1) is 12.8 Å². The first-order valence-electron chi connectivity index (χ1n) is 14.7. The average molecular weight is 591 g/mol. The standard InChI is InChI=1S/C32H36ClN5O4/c1-21-5-7-25(33)17-26(21)35-32(41)23-6-8-29(27(16-23)34-30(39)9-10-36-11-13-42-14-12-36)37-18-22-15-24(20-37)28-3-2-4-31(40)38(28)19-22/h2-8,16-17,22,24H,9-15,18-20H2,1H3,(H,34,39)(H,35,41)/p+1. The SMILES string of the molecule is Cc1ccc(Cl)cc1NC(=O)c1ccc(N2CC3CC(C2)c2cccc(=O)n2C3)c(NC(=O)CC[NH+]2CCOCC2)c1. The number of benzene rings is 2. The molecule has 3 aromatic rings. The number of morpholine rings is 1. The van der Waals surface area contributed by atoms with Gasteiger partial charge in [0, 0.05) is 53.6 Å². The highest BCUT2D eigenvalue weighted by atomic mass is 35.5. The van der Waals surface area contributed by atoms with Crippen molar-refractivity contribution in [3.8, 4) is 0 Å². The number of hydrogen-bond donors (Lipinski definition) is 3. The summed E-state index contributed by atoms with van der Waals surface area (Å²) in [5.74, 6) is 0.184. The van der Waals surface area contributed by atoms with E-state index in [4.69, 9.17) is 16.3 Å². The fourth-order valence-corrected chi connectivity index (χ4v) is 6.65. The zero-order valence-electron chi connectivity index (χ0n) is 23.8. The van der Waals surface area contributed by atoms with Crippen LogP contribution < -0.4 is 26.0 Å². The van der Waals surface area contributed by atoms with Crippen LogP contribution in [0.4, 0.5) is 17.1 Å². The minimum absolute atomic E-state index is 0.0521. The van der Waals surface area contributed by atoms with Crippen molar-refractivity contribution >= 4 is 40.5 Å². The van der Waals surface area contributed by atoms with Gasteiger partial charge in [-0.05, 0) is 61.2 Å². The Morgan fingerprint density at radius 3 is 2.67 bits per heavy atom. The summed E-state index contributed by atoms with van der Waals surface area (Å²) in [5.41, 5.74) is 4.63. The summed E-state index contributed by atoms with van der Waals surface area (Å²) in [7, 11) is 0. The monoisotopic (exact) mass is 590 g/mol. The minimum Gasteiger partial charge on any atom is -0.370 e. The molecule has 2 aromatic carbocycles. The zero-order chi connectivity index (χ0) is 29.2. The van der Waals surface area contributed by atoms with Crippen molar-refractivity contribution in [3.05, 3.63) is 86.8 Å². The highest BCUT2D eigenvalue weighted by Gasteiger charge is 2.35. The maximum Gasteiger partial charge on any atom is 0.255 e. The molecule has 6 rings (SSSR count). The summed E-state index contributed by atoms with van der Waals surface area (Å²) in [5, 5.41) is 6.65. The Hall–Kier alpha value is -3.66. The molecule has 0 saturated carbocycles. The van der Waals surface area contributed by atoms with Crippen LogP contribution in [-0.2, 0) is 16.1 Å². The number of piperidine rings is 1. The van der Waals surface area contributed by atoms with Crippen LogP contribution in [0.15, 0.2) is 59.4 Å². The van der Waals surface area contributed by atoms with E-state index < -0.39 is 0 Å². The number of nitrogens with zero attached hydrogens (tertiary/aromatic N) is 2. The normalized spacial score (nSPS) is 20.1. The molecule has 3 N–H and O–H groups in total. The number of carbonyl (C=O) groups is 2. The molecule has 2 amide bonds. The number of pyridine rings is 1. The second kappa shape index (κ2) is 12.3. The summed E-state index contributed by atoms with van der Waals surface area (Å²) in [6.07, 6.45) is 1.41. The molecule has 4 heterocycles. The largest absolute Gasteiger partial charge is 0.370 e. The molecule has 0 radical (unpaired) electrons. The molecule has 9 nitrogen and oxygen atoms in total. The van der Waals surface area contributed by atoms with Crippen molar-refractivity contribution in [2.45, 2.75) is 32.2 Å². The lowest BCUT2D eigenvalue weighted by molar-refractivity contribution is -0.907. The Morgan fingerprint density at radius 1 is 1.00 bits per heavy atom. The van der Waals surface area contributed by atoms with E-state index in [0.29, 0.717) is 40.8 Å². The van der Waals surface area contributed by atoms with Gasteiger partial charge in [-0.3, -0.25) is 14.4 Å². The fraction of sp³-hybridized carbons (Fsp3) is 0.406. The number of carbonyl (C=O) groups excluding carboxylic acids is 2. The number of nitrogens with one attached hydrogen (secondary N) is 3. The lowest BCUT2D eigenvalue weighted by atomic mass is 9.83. The molecule has 2 saturated heterocycles. The maximum absolute atomic E-state index is 13.3. The van der Waals surface area contributed by atoms with Gasteiger partial charge in [-0.2, -0.15) is 0 Å². The maximum atomic E-state index is 13.3. The van der Waals surface area contributed by atoms with Crippen LogP contribution in [0.2, 0.25) is 5.02 Å². The van der Waals surface area contributed by atoms with Crippen LogP contribution in [-0.4, -0.2) is 62.3 Å². The molecule has 220 valence electrons. The van der Waals surface area contributed by atoms with Gasteiger partial charge >= 0.3 is 0 Å². The molecule has 0 spiro atoms. The van der Waals surface area contributed by atoms with Crippen molar-refractivity contribution in [2.24, 2.45) is 5.92 Å². The van der Waals surface area contributed by atoms with E-state index in [1.165, 1.54) is 4.90 Å². The molecule has 2 atom stereocenters. The van der Waals surface area contributed by atoms with E-state index in [1.807, 2.05) is 35.8 Å². The number of amides is 2. The van der Waals surface area contributed by atoms with Crippen LogP contribution in [0.1, 0.15) is 40.4 Å². The highest BCUT2D eigenvalue weighted by molar-refractivity contribution is 6.31. The highest BCUT2D eigenvalue weighted by Crippen LogP contribution is 2.39. The Morgan fingerprint density at radius 2 is 1.83 bits per heavy atom. The Balaban J connectivity index is 1.26. The number of anilines is 3. The van der Waals surface area contributed by atoms with Gasteiger partial charge in [0.15, 0.2) is 0 Å². The van der Waals surface area contributed by atoms with Crippen molar-refractivity contribution in [3.63, 3.8) is 0 Å². The molecule has 1 aromatic heterocycles. The third-order valence-electron chi connectivity index (χ3n) is 8.71. The van der Waals surface area contributed by atoms with E-state index in [1.54, 1.807) is 30.3 Å². The molecule has 2 unspecified atom stereocenters. The predicted octanol–water partition coefficient (Wildman–Crippen LogP) is 2.93. The third-order valence-corrected chi connectivity index (χ3v) is 8.94. The predicted molar refractivity (Wildman–Crippen MR) is 164 cm³/mol. The molecule has 2 bridgehead atoms. The van der Waals surface area contributed by atoms with E-state index in [-0.39, 0.29) is 23.3 Å². The van der Waals surface area contributed by atoms with E-state index in [9.17, 15) is 14.4 Å². The molecular formula is C32H37ClN5O4+. The van der Waals surface area contributed by atoms with E-state index >= 15 is 0 Å². The molecule has 2 fully saturated rings. The van der Waals surface area contributed by atoms with E-state index in [0.717, 1.165) is 69.3 Å². The first-order chi connectivity index (χ1) is 20.3. The fourth-order valence-electron chi connectivity index (χ4n) is 6.48. The van der Waals surface area contributed by atoms with Crippen molar-refractivity contribution in [1.29, 1.82) is 0 Å². The van der Waals surface area contributed by atoms with Gasteiger partial charge < -0.3 is 29.7 Å². The first kappa shape index (κ1) is 28.5. The first-order valence-corrected chi connectivity index (χ1v) is 15.1. The van der Waals surface area contributed by atoms with Crippen molar-refractivity contribution < 1.29 is 19.2 Å². The van der Waals surface area contributed by atoms with Crippen LogP contribution in [0.5, 0.6) is 0 Å². The molecular weight excluding hydrogens is 554 g/mol. The Labute approximate surface area is 250 Å². The lowest BCUT2D eigenvalue weighted by Gasteiger charge is -2.44. The van der Waals surface area contributed by atoms with Crippen LogP contribution in [0.25, 0.3) is 0 Å². The summed E-state index contributed by atoms with van der Waals surface area (Å²) < 4.78 is 7.36. The second-order valence-electron chi connectivity index (χ2n) is 11.7. The number of fused-ring (bicyclic) bond motifs is 4. The molecule has 10 heteroatoms. The molecule has 3 aliphatic heterocycles. The van der Waals surface area contributed by atoms with Gasteiger partial charge in [0.25, 0.3) is 11.5 Å². The second-order valence-corrected chi connectivity index (χ2v) is 12.1.